The quantitative estimate of drug-likeness (QED) is 0.690. The Hall–Kier alpha value is -2.06. The zero-order chi connectivity index (χ0) is 13.7. The molecule has 2 heteroatoms. The Morgan fingerprint density at radius 2 is 2.00 bits per heavy atom. The summed E-state index contributed by atoms with van der Waals surface area (Å²) in [5, 5.41) is 12.5. The second-order valence-electron chi connectivity index (χ2n) is 5.77. The lowest BCUT2D eigenvalue weighted by Crippen LogP contribution is -2.24. The molecule has 2 aromatic carbocycles. The minimum absolute atomic E-state index is 0.760. The first-order valence-corrected chi connectivity index (χ1v) is 7.07. The van der Waals surface area contributed by atoms with Gasteiger partial charge in [-0.15, -0.1) is 0 Å². The predicted molar refractivity (Wildman–Crippen MR) is 80.8 cm³/mol. The maximum Gasteiger partial charge on any atom is 0.116 e. The van der Waals surface area contributed by atoms with E-state index in [0.29, 0.717) is 0 Å². The molecule has 0 fully saturated rings. The van der Waals surface area contributed by atoms with E-state index in [9.17, 15) is 5.11 Å². The molecule has 2 N–H and O–H groups in total. The Kier molecular flexibility index (Phi) is 2.33. The van der Waals surface area contributed by atoms with E-state index < -0.39 is 5.60 Å². The van der Waals surface area contributed by atoms with Crippen molar-refractivity contribution >= 4 is 10.9 Å². The highest BCUT2D eigenvalue weighted by molar-refractivity contribution is 5.84. The molecule has 1 aromatic heterocycles. The van der Waals surface area contributed by atoms with Crippen molar-refractivity contribution in [1.29, 1.82) is 0 Å². The third kappa shape index (κ3) is 1.49. The average molecular weight is 263 g/mol. The topological polar surface area (TPSA) is 36.0 Å². The lowest BCUT2D eigenvalue weighted by Gasteiger charge is -2.26. The molecule has 100 valence electrons. The maximum absolute atomic E-state index is 11.3. The monoisotopic (exact) mass is 263 g/mol. The molecule has 4 rings (SSSR count). The number of aromatic amines is 1. The van der Waals surface area contributed by atoms with Crippen LogP contribution in [0.25, 0.3) is 10.9 Å². The fourth-order valence-electron chi connectivity index (χ4n) is 3.47. The van der Waals surface area contributed by atoms with E-state index in [1.165, 1.54) is 11.1 Å². The van der Waals surface area contributed by atoms with Crippen LogP contribution in [0.1, 0.15) is 28.7 Å². The molecule has 1 aliphatic rings. The summed E-state index contributed by atoms with van der Waals surface area (Å²) in [5.41, 5.74) is 4.78. The molecule has 1 heterocycles. The number of aromatic nitrogens is 1. The van der Waals surface area contributed by atoms with Gasteiger partial charge in [-0.25, -0.2) is 0 Å². The van der Waals surface area contributed by atoms with E-state index in [2.05, 4.69) is 36.2 Å². The first-order chi connectivity index (χ1) is 9.68. The van der Waals surface area contributed by atoms with E-state index in [4.69, 9.17) is 0 Å². The minimum atomic E-state index is -0.858. The van der Waals surface area contributed by atoms with Crippen LogP contribution in [0.3, 0.4) is 0 Å². The fraction of sp³-hybridized carbons (Fsp3) is 0.222. The second-order valence-corrected chi connectivity index (χ2v) is 5.77. The van der Waals surface area contributed by atoms with Gasteiger partial charge in [-0.1, -0.05) is 35.9 Å². The first-order valence-electron chi connectivity index (χ1n) is 7.07. The van der Waals surface area contributed by atoms with Crippen LogP contribution < -0.4 is 0 Å². The molecule has 0 saturated heterocycles. The molecule has 0 spiro atoms. The summed E-state index contributed by atoms with van der Waals surface area (Å²) in [5.74, 6) is 0. The van der Waals surface area contributed by atoms with Crippen LogP contribution in [0.2, 0.25) is 0 Å². The molecular weight excluding hydrogens is 246 g/mol. The van der Waals surface area contributed by atoms with E-state index >= 15 is 0 Å². The van der Waals surface area contributed by atoms with Gasteiger partial charge >= 0.3 is 0 Å². The summed E-state index contributed by atoms with van der Waals surface area (Å²) in [6.07, 6.45) is 3.63. The molecule has 20 heavy (non-hydrogen) atoms. The van der Waals surface area contributed by atoms with Crippen molar-refractivity contribution in [2.75, 3.05) is 0 Å². The molecule has 0 bridgehead atoms. The van der Waals surface area contributed by atoms with Gasteiger partial charge in [-0.3, -0.25) is 0 Å². The zero-order valence-corrected chi connectivity index (χ0v) is 11.5. The summed E-state index contributed by atoms with van der Waals surface area (Å²) in [7, 11) is 0. The number of aryl methyl sites for hydroxylation is 2. The Bertz CT molecular complexity index is 802. The van der Waals surface area contributed by atoms with Crippen molar-refractivity contribution in [3.8, 4) is 0 Å². The molecule has 1 unspecified atom stereocenters. The van der Waals surface area contributed by atoms with E-state index in [-0.39, 0.29) is 0 Å². The van der Waals surface area contributed by atoms with Gasteiger partial charge in [0.1, 0.15) is 5.60 Å². The van der Waals surface area contributed by atoms with Gasteiger partial charge in [0.2, 0.25) is 0 Å². The highest BCUT2D eigenvalue weighted by Gasteiger charge is 2.39. The minimum Gasteiger partial charge on any atom is -0.380 e. The van der Waals surface area contributed by atoms with Crippen LogP contribution in [0, 0.1) is 6.92 Å². The van der Waals surface area contributed by atoms with E-state index in [1.54, 1.807) is 0 Å². The van der Waals surface area contributed by atoms with Crippen molar-refractivity contribution in [3.05, 3.63) is 70.9 Å². The molecule has 1 aliphatic carbocycles. The van der Waals surface area contributed by atoms with Crippen LogP contribution in [0.4, 0.5) is 0 Å². The summed E-state index contributed by atoms with van der Waals surface area (Å²) in [6.45, 7) is 2.08. The van der Waals surface area contributed by atoms with E-state index in [1.807, 2.05) is 24.4 Å². The molecule has 1 atom stereocenters. The van der Waals surface area contributed by atoms with Gasteiger partial charge in [0.25, 0.3) is 0 Å². The summed E-state index contributed by atoms with van der Waals surface area (Å²) >= 11 is 0. The van der Waals surface area contributed by atoms with Gasteiger partial charge in [0.15, 0.2) is 0 Å². The molecular formula is C18H17NO. The molecule has 3 aromatic rings. The van der Waals surface area contributed by atoms with Gasteiger partial charge in [-0.2, -0.15) is 0 Å². The smallest absolute Gasteiger partial charge is 0.116 e. The number of hydrogen-bond donors (Lipinski definition) is 2. The molecule has 2 nitrogen and oxygen atoms in total. The highest BCUT2D eigenvalue weighted by atomic mass is 16.3. The summed E-state index contributed by atoms with van der Waals surface area (Å²) in [4.78, 5) is 3.22. The fourth-order valence-corrected chi connectivity index (χ4v) is 3.47. The van der Waals surface area contributed by atoms with Crippen LogP contribution in [0.5, 0.6) is 0 Å². The standard InChI is InChI=1S/C18H17NO/c1-12-5-6-13-7-9-18(20,16(13)11-12)15-3-2-4-17-14(15)8-10-19-17/h2-6,8,10-11,19-20H,7,9H2,1H3. The number of fused-ring (bicyclic) bond motifs is 2. The number of hydrogen-bond acceptors (Lipinski definition) is 1. The average Bonchev–Trinajstić information content (AvgIpc) is 3.04. The van der Waals surface area contributed by atoms with Gasteiger partial charge < -0.3 is 10.1 Å². The molecule has 0 radical (unpaired) electrons. The van der Waals surface area contributed by atoms with Crippen molar-refractivity contribution in [3.63, 3.8) is 0 Å². The third-order valence-electron chi connectivity index (χ3n) is 4.51. The number of rotatable bonds is 1. The van der Waals surface area contributed by atoms with Gasteiger partial charge in [0, 0.05) is 17.1 Å². The Morgan fingerprint density at radius 1 is 1.10 bits per heavy atom. The van der Waals surface area contributed by atoms with Crippen LogP contribution >= 0.6 is 0 Å². The SMILES string of the molecule is Cc1ccc2c(c1)C(O)(c1cccc3[nH]ccc13)CC2. The maximum atomic E-state index is 11.3. The summed E-state index contributed by atoms with van der Waals surface area (Å²) < 4.78 is 0. The van der Waals surface area contributed by atoms with Gasteiger partial charge in [-0.05, 0) is 48.6 Å². The lowest BCUT2D eigenvalue weighted by atomic mass is 9.85. The van der Waals surface area contributed by atoms with Crippen molar-refractivity contribution in [2.45, 2.75) is 25.4 Å². The Morgan fingerprint density at radius 3 is 2.90 bits per heavy atom. The number of H-pyrrole nitrogens is 1. The zero-order valence-electron chi connectivity index (χ0n) is 11.5. The Labute approximate surface area is 118 Å². The highest BCUT2D eigenvalue weighted by Crippen LogP contribution is 2.44. The molecule has 0 amide bonds. The third-order valence-corrected chi connectivity index (χ3v) is 4.51. The van der Waals surface area contributed by atoms with Crippen LogP contribution in [-0.2, 0) is 12.0 Å². The lowest BCUT2D eigenvalue weighted by molar-refractivity contribution is 0.0845. The largest absolute Gasteiger partial charge is 0.380 e. The van der Waals surface area contributed by atoms with E-state index in [0.717, 1.165) is 34.9 Å². The van der Waals surface area contributed by atoms with Crippen molar-refractivity contribution in [2.24, 2.45) is 0 Å². The van der Waals surface area contributed by atoms with Gasteiger partial charge in [0.05, 0.1) is 0 Å². The Balaban J connectivity index is 2.00. The van der Waals surface area contributed by atoms with Crippen LogP contribution in [-0.4, -0.2) is 10.1 Å². The number of nitrogens with one attached hydrogen (secondary N) is 1. The number of aliphatic hydroxyl groups is 1. The van der Waals surface area contributed by atoms with Crippen molar-refractivity contribution < 1.29 is 5.11 Å². The predicted octanol–water partition coefficient (Wildman–Crippen LogP) is 3.66. The van der Waals surface area contributed by atoms with Crippen molar-refractivity contribution in [1.82, 2.24) is 4.98 Å². The summed E-state index contributed by atoms with van der Waals surface area (Å²) in [6, 6.07) is 14.6. The second kappa shape index (κ2) is 3.97. The normalized spacial score (nSPS) is 21.3. The molecule has 0 aliphatic heterocycles. The number of benzene rings is 2. The molecule has 0 saturated carbocycles. The van der Waals surface area contributed by atoms with Crippen LogP contribution in [0.15, 0.2) is 48.7 Å². The first kappa shape index (κ1) is 11.7.